The molecule has 0 spiro atoms. The van der Waals surface area contributed by atoms with Crippen molar-refractivity contribution in [2.75, 3.05) is 12.3 Å². The molecule has 2 aromatic carbocycles. The molecule has 216 valence electrons. The van der Waals surface area contributed by atoms with Crippen LogP contribution in [0.5, 0.6) is 0 Å². The average Bonchev–Trinajstić information content (AvgIpc) is 3.27. The number of alkyl carbamates (subject to hydrolysis) is 1. The molecule has 1 saturated heterocycles. The summed E-state index contributed by atoms with van der Waals surface area (Å²) in [6, 6.07) is 10.8. The van der Waals surface area contributed by atoms with Crippen LogP contribution in [0, 0.1) is 26.1 Å². The number of ether oxygens (including phenoxy) is 2. The number of thioether (sulfide) groups is 1. The second-order valence-corrected chi connectivity index (χ2v) is 10.5. The number of aliphatic hydroxyl groups is 1. The summed E-state index contributed by atoms with van der Waals surface area (Å²) in [4.78, 5) is 60.3. The fraction of sp³-hybridized carbons (Fsp3) is 0.346. The highest BCUT2D eigenvalue weighted by Crippen LogP contribution is 2.47. The van der Waals surface area contributed by atoms with Crippen molar-refractivity contribution in [3.05, 3.63) is 90.5 Å². The highest BCUT2D eigenvalue weighted by atomic mass is 32.2. The van der Waals surface area contributed by atoms with Gasteiger partial charge in [0.05, 0.1) is 27.9 Å². The van der Waals surface area contributed by atoms with E-state index in [2.05, 4.69) is 5.32 Å². The SMILES string of the molecule is C[C@@H](O)C1C(=O)N2C(C(=O)OCc3ccc([N+](=O)[O-])cc3)=C(SCCNC(=O)OCc3ccc([N+](=O)[O-])cc3)CC12. The third-order valence-electron chi connectivity index (χ3n) is 6.56. The molecule has 41 heavy (non-hydrogen) atoms. The Morgan fingerprint density at radius 3 is 2.07 bits per heavy atom. The first-order valence-electron chi connectivity index (χ1n) is 12.5. The number of carbonyl (C=O) groups excluding carboxylic acids is 3. The molecule has 2 aromatic rings. The number of nitro benzene ring substituents is 2. The zero-order chi connectivity index (χ0) is 29.7. The first kappa shape index (κ1) is 29.5. The molecule has 14 nitrogen and oxygen atoms in total. The molecule has 2 unspecified atom stereocenters. The van der Waals surface area contributed by atoms with E-state index in [0.717, 1.165) is 0 Å². The van der Waals surface area contributed by atoms with Gasteiger partial charge in [0.1, 0.15) is 18.9 Å². The van der Waals surface area contributed by atoms with Gasteiger partial charge in [-0.2, -0.15) is 0 Å². The van der Waals surface area contributed by atoms with Gasteiger partial charge in [-0.3, -0.25) is 25.0 Å². The number of rotatable bonds is 12. The number of nitrogens with zero attached hydrogens (tertiary/aromatic N) is 3. The summed E-state index contributed by atoms with van der Waals surface area (Å²) in [6.07, 6.45) is -1.24. The largest absolute Gasteiger partial charge is 0.456 e. The lowest BCUT2D eigenvalue weighted by Crippen LogP contribution is -2.61. The first-order chi connectivity index (χ1) is 19.6. The van der Waals surface area contributed by atoms with Crippen LogP contribution >= 0.6 is 11.8 Å². The van der Waals surface area contributed by atoms with Crippen LogP contribution in [0.4, 0.5) is 16.2 Å². The van der Waals surface area contributed by atoms with Crippen molar-refractivity contribution in [2.45, 2.75) is 38.7 Å². The Morgan fingerprint density at radius 1 is 1.02 bits per heavy atom. The van der Waals surface area contributed by atoms with Crippen molar-refractivity contribution < 1.29 is 38.8 Å². The number of carbonyl (C=O) groups is 3. The number of aliphatic hydroxyl groups excluding tert-OH is 1. The van der Waals surface area contributed by atoms with E-state index in [-0.39, 0.29) is 48.8 Å². The minimum atomic E-state index is -0.891. The topological polar surface area (TPSA) is 191 Å². The number of hydrogen-bond acceptors (Lipinski definition) is 11. The summed E-state index contributed by atoms with van der Waals surface area (Å²) < 4.78 is 10.5. The fourth-order valence-corrected chi connectivity index (χ4v) is 5.58. The second-order valence-electron chi connectivity index (χ2n) is 9.29. The molecule has 2 aliphatic heterocycles. The summed E-state index contributed by atoms with van der Waals surface area (Å²) in [5, 5.41) is 34.2. The summed E-state index contributed by atoms with van der Waals surface area (Å²) in [7, 11) is 0. The molecule has 2 aliphatic rings. The molecular formula is C26H26N4O10S. The van der Waals surface area contributed by atoms with Crippen LogP contribution in [-0.2, 0) is 32.3 Å². The first-order valence-corrected chi connectivity index (χ1v) is 13.5. The van der Waals surface area contributed by atoms with Gasteiger partial charge < -0.3 is 24.8 Å². The maximum Gasteiger partial charge on any atom is 0.407 e. The molecule has 0 aliphatic carbocycles. The van der Waals surface area contributed by atoms with Crippen molar-refractivity contribution in [3.63, 3.8) is 0 Å². The molecule has 0 saturated carbocycles. The predicted molar refractivity (Wildman–Crippen MR) is 144 cm³/mol. The highest BCUT2D eigenvalue weighted by Gasteiger charge is 2.57. The van der Waals surface area contributed by atoms with Crippen LogP contribution in [0.1, 0.15) is 24.5 Å². The van der Waals surface area contributed by atoms with Gasteiger partial charge >= 0.3 is 12.1 Å². The number of nitro groups is 2. The van der Waals surface area contributed by atoms with E-state index in [4.69, 9.17) is 9.47 Å². The van der Waals surface area contributed by atoms with Gasteiger partial charge in [0.25, 0.3) is 11.4 Å². The summed E-state index contributed by atoms with van der Waals surface area (Å²) in [5.41, 5.74) is 1.03. The minimum Gasteiger partial charge on any atom is -0.456 e. The minimum absolute atomic E-state index is 0.0720. The third kappa shape index (κ3) is 6.81. The lowest BCUT2D eigenvalue weighted by atomic mass is 9.83. The van der Waals surface area contributed by atoms with Gasteiger partial charge in [-0.15, -0.1) is 11.8 Å². The van der Waals surface area contributed by atoms with E-state index in [1.165, 1.54) is 72.1 Å². The van der Waals surface area contributed by atoms with Crippen molar-refractivity contribution in [1.82, 2.24) is 10.2 Å². The van der Waals surface area contributed by atoms with E-state index in [1.54, 1.807) is 0 Å². The van der Waals surface area contributed by atoms with Crippen LogP contribution in [0.2, 0.25) is 0 Å². The van der Waals surface area contributed by atoms with Crippen molar-refractivity contribution in [2.24, 2.45) is 5.92 Å². The number of non-ortho nitro benzene ring substituents is 2. The predicted octanol–water partition coefficient (Wildman–Crippen LogP) is 3.03. The summed E-state index contributed by atoms with van der Waals surface area (Å²) >= 11 is 1.27. The zero-order valence-corrected chi connectivity index (χ0v) is 22.6. The molecule has 15 heteroatoms. The Morgan fingerprint density at radius 2 is 1.56 bits per heavy atom. The second kappa shape index (κ2) is 12.8. The van der Waals surface area contributed by atoms with Gasteiger partial charge in [0.15, 0.2) is 0 Å². The molecule has 2 heterocycles. The van der Waals surface area contributed by atoms with Crippen LogP contribution in [0.15, 0.2) is 59.1 Å². The van der Waals surface area contributed by atoms with Gasteiger partial charge in [0, 0.05) is 47.9 Å². The smallest absolute Gasteiger partial charge is 0.407 e. The number of nitrogens with one attached hydrogen (secondary N) is 1. The number of β-lactam (4-membered cyclic amide) rings is 1. The van der Waals surface area contributed by atoms with E-state index in [9.17, 15) is 39.7 Å². The fourth-order valence-electron chi connectivity index (χ4n) is 4.52. The maximum atomic E-state index is 13.1. The van der Waals surface area contributed by atoms with Crippen LogP contribution in [0.25, 0.3) is 0 Å². The zero-order valence-electron chi connectivity index (χ0n) is 21.8. The standard InChI is InChI=1S/C26H26N4O10S/c1-15(31)22-20-12-21(41-11-10-27-26(34)40-14-17-4-8-19(9-5-17)30(37)38)23(28(20)24(22)32)25(33)39-13-16-2-6-18(7-3-16)29(35)36/h2-9,15,20,22,31H,10-14H2,1H3,(H,27,34)/t15-,20?,22?/m1/s1. The molecule has 3 atom stereocenters. The normalized spacial score (nSPS) is 18.3. The summed E-state index contributed by atoms with van der Waals surface area (Å²) in [6.45, 7) is 1.46. The van der Waals surface area contributed by atoms with Gasteiger partial charge in [-0.1, -0.05) is 0 Å². The van der Waals surface area contributed by atoms with Crippen molar-refractivity contribution in [1.29, 1.82) is 0 Å². The van der Waals surface area contributed by atoms with Crippen LogP contribution in [0.3, 0.4) is 0 Å². The Labute approximate surface area is 237 Å². The molecule has 1 fully saturated rings. The Hall–Kier alpha value is -4.50. The van der Waals surface area contributed by atoms with E-state index in [0.29, 0.717) is 28.2 Å². The lowest BCUT2D eigenvalue weighted by molar-refractivity contribution is -0.385. The number of benzene rings is 2. The van der Waals surface area contributed by atoms with Crippen molar-refractivity contribution >= 4 is 41.1 Å². The molecule has 0 radical (unpaired) electrons. The lowest BCUT2D eigenvalue weighted by Gasteiger charge is -2.44. The molecule has 0 aromatic heterocycles. The Kier molecular flexibility index (Phi) is 9.19. The van der Waals surface area contributed by atoms with Crippen LogP contribution in [-0.4, -0.2) is 62.3 Å². The monoisotopic (exact) mass is 586 g/mol. The van der Waals surface area contributed by atoms with E-state index < -0.39 is 33.9 Å². The quantitative estimate of drug-likeness (QED) is 0.122. The molecule has 0 bridgehead atoms. The van der Waals surface area contributed by atoms with Gasteiger partial charge in [-0.25, -0.2) is 9.59 Å². The molecular weight excluding hydrogens is 560 g/mol. The molecule has 4 rings (SSSR count). The summed E-state index contributed by atoms with van der Waals surface area (Å²) in [5.74, 6) is -1.41. The maximum absolute atomic E-state index is 13.1. The van der Waals surface area contributed by atoms with E-state index in [1.807, 2.05) is 0 Å². The number of hydrogen-bond donors (Lipinski definition) is 2. The van der Waals surface area contributed by atoms with Crippen molar-refractivity contribution in [3.8, 4) is 0 Å². The number of amides is 2. The average molecular weight is 587 g/mol. The number of esters is 1. The van der Waals surface area contributed by atoms with Crippen LogP contribution < -0.4 is 5.32 Å². The van der Waals surface area contributed by atoms with Gasteiger partial charge in [0.2, 0.25) is 5.91 Å². The van der Waals surface area contributed by atoms with Gasteiger partial charge in [-0.05, 0) is 42.3 Å². The molecule has 2 amide bonds. The molecule has 2 N–H and O–H groups in total. The third-order valence-corrected chi connectivity index (χ3v) is 7.68. The Bertz CT molecular complexity index is 1380. The Balaban J connectivity index is 1.32. The highest BCUT2D eigenvalue weighted by molar-refractivity contribution is 8.03. The number of fused-ring (bicyclic) bond motifs is 1. The van der Waals surface area contributed by atoms with E-state index >= 15 is 0 Å².